The molecule has 0 fully saturated rings. The molecule has 0 bridgehead atoms. The van der Waals surface area contributed by atoms with Gasteiger partial charge in [0.05, 0.1) is 0 Å². The zero-order chi connectivity index (χ0) is 15.5. The molecular formula is C13H31ClNO5Si. The van der Waals surface area contributed by atoms with E-state index in [9.17, 15) is 9.90 Å². The zero-order valence-corrected chi connectivity index (χ0v) is 16.0. The maximum Gasteiger partial charge on any atom is 0.503 e. The van der Waals surface area contributed by atoms with Gasteiger partial charge in [0.25, 0.3) is 0 Å². The third-order valence-corrected chi connectivity index (χ3v) is 6.62. The first-order chi connectivity index (χ1) is 8.88. The van der Waals surface area contributed by atoms with Gasteiger partial charge >= 0.3 is 14.8 Å². The average Bonchev–Trinajstić information content (AvgIpc) is 2.44. The quantitative estimate of drug-likeness (QED) is 0.562. The summed E-state index contributed by atoms with van der Waals surface area (Å²) in [4.78, 5) is 9.75. The normalized spacial score (nSPS) is 11.0. The van der Waals surface area contributed by atoms with Crippen molar-refractivity contribution in [3.05, 3.63) is 11.6 Å². The predicted molar refractivity (Wildman–Crippen MR) is 88.5 cm³/mol. The molecule has 0 aromatic carbocycles. The van der Waals surface area contributed by atoms with Gasteiger partial charge in [0.2, 0.25) is 0 Å². The molecule has 1 radical (unpaired) electrons. The van der Waals surface area contributed by atoms with Gasteiger partial charge in [-0.3, -0.25) is 0 Å². The van der Waals surface area contributed by atoms with Gasteiger partial charge in [0.1, 0.15) is 0 Å². The van der Waals surface area contributed by atoms with E-state index in [1.165, 1.54) is 13.0 Å². The van der Waals surface area contributed by atoms with Crippen LogP contribution in [0.4, 0.5) is 0 Å². The molecule has 21 heavy (non-hydrogen) atoms. The molecule has 6 nitrogen and oxygen atoms in total. The lowest BCUT2D eigenvalue weighted by molar-refractivity contribution is -0.138. The van der Waals surface area contributed by atoms with Gasteiger partial charge in [-0.25, -0.2) is 9.90 Å². The Morgan fingerprint density at radius 3 is 1.48 bits per heavy atom. The van der Waals surface area contributed by atoms with Crippen LogP contribution in [0, 0.1) is 0 Å². The van der Waals surface area contributed by atoms with Crippen LogP contribution in [0.25, 0.3) is 0 Å². The first-order valence-corrected chi connectivity index (χ1v) is 8.18. The van der Waals surface area contributed by atoms with Crippen LogP contribution < -0.4 is 6.15 Å². The molecule has 0 aliphatic rings. The van der Waals surface area contributed by atoms with Crippen molar-refractivity contribution in [2.75, 3.05) is 21.3 Å². The Morgan fingerprint density at radius 1 is 1.10 bits per heavy atom. The van der Waals surface area contributed by atoms with E-state index >= 15 is 0 Å². The van der Waals surface area contributed by atoms with Gasteiger partial charge in [-0.2, -0.15) is 0 Å². The lowest BCUT2D eigenvalue weighted by Crippen LogP contribution is -2.47. The molecule has 8 heteroatoms. The Balaban J connectivity index is -0.000000140. The molecule has 0 saturated heterocycles. The van der Waals surface area contributed by atoms with Crippen molar-refractivity contribution in [2.24, 2.45) is 0 Å². The summed E-state index contributed by atoms with van der Waals surface area (Å²) in [6.07, 6.45) is 3.58. The fourth-order valence-corrected chi connectivity index (χ4v) is 4.16. The van der Waals surface area contributed by atoms with Crippen LogP contribution in [0.15, 0.2) is 11.6 Å². The van der Waals surface area contributed by atoms with Gasteiger partial charge < -0.3 is 19.4 Å². The first-order valence-electron chi connectivity index (χ1n) is 6.38. The van der Waals surface area contributed by atoms with Crippen LogP contribution >= 0.6 is 12.4 Å². The van der Waals surface area contributed by atoms with Crippen LogP contribution in [0.3, 0.4) is 0 Å². The number of carbonyl (C=O) groups excluding carboxylic acids is 1. The minimum atomic E-state index is -2.35. The van der Waals surface area contributed by atoms with Gasteiger partial charge in [0, 0.05) is 32.4 Å². The van der Waals surface area contributed by atoms with Crippen LogP contribution in [0.1, 0.15) is 40.5 Å². The second-order valence-corrected chi connectivity index (χ2v) is 7.24. The number of hydrogen-bond donors (Lipinski definition) is 1. The molecule has 0 unspecified atom stereocenters. The highest BCUT2D eigenvalue weighted by Gasteiger charge is 2.44. The van der Waals surface area contributed by atoms with E-state index in [-0.39, 0.29) is 24.1 Å². The minimum absolute atomic E-state index is 0. The Bertz CT molecular complexity index is 273. The number of rotatable bonds is 7. The maximum absolute atomic E-state index is 9.75. The largest absolute Gasteiger partial charge is 0.503 e. The van der Waals surface area contributed by atoms with Gasteiger partial charge in [-0.05, 0) is 26.7 Å². The Hall–Kier alpha value is -0.443. The Labute approximate surface area is 136 Å². The van der Waals surface area contributed by atoms with Gasteiger partial charge in [-0.1, -0.05) is 19.9 Å². The predicted octanol–water partition coefficient (Wildman–Crippen LogP) is 3.55. The summed E-state index contributed by atoms with van der Waals surface area (Å²) in [5, 5.41) is 9.75. The fraction of sp³-hybridized carbons (Fsp3) is 0.769. The summed E-state index contributed by atoms with van der Waals surface area (Å²) in [6, 6.07) is 0. The van der Waals surface area contributed by atoms with E-state index in [0.29, 0.717) is 5.54 Å². The summed E-state index contributed by atoms with van der Waals surface area (Å²) >= 11 is 0. The Morgan fingerprint density at radius 2 is 1.43 bits per heavy atom. The highest BCUT2D eigenvalue weighted by molar-refractivity contribution is 6.62. The van der Waals surface area contributed by atoms with E-state index in [0.717, 1.165) is 12.8 Å². The summed E-state index contributed by atoms with van der Waals surface area (Å²) in [5.41, 5.74) is 0.692. The third-order valence-electron chi connectivity index (χ3n) is 3.09. The highest BCUT2D eigenvalue weighted by atomic mass is 35.5. The number of allylic oxidation sites excluding steroid dienone is 1. The van der Waals surface area contributed by atoms with Crippen molar-refractivity contribution in [3.63, 3.8) is 0 Å². The molecule has 0 atom stereocenters. The molecule has 0 heterocycles. The van der Waals surface area contributed by atoms with Crippen molar-refractivity contribution < 1.29 is 23.2 Å². The monoisotopic (exact) mass is 344 g/mol. The second-order valence-electron chi connectivity index (χ2n) is 3.99. The van der Waals surface area contributed by atoms with Crippen molar-refractivity contribution in [2.45, 2.75) is 46.1 Å². The maximum atomic E-state index is 9.75. The smallest absolute Gasteiger partial charge is 0.377 e. The summed E-state index contributed by atoms with van der Waals surface area (Å²) < 4.78 is 16.1. The van der Waals surface area contributed by atoms with Gasteiger partial charge in [-0.15, -0.1) is 12.4 Å². The van der Waals surface area contributed by atoms with Crippen LogP contribution in [-0.2, 0) is 23.2 Å². The molecule has 0 spiro atoms. The molecule has 0 aromatic rings. The van der Waals surface area contributed by atoms with Crippen molar-refractivity contribution in [1.82, 2.24) is 6.15 Å². The molecule has 0 aliphatic heterocycles. The van der Waals surface area contributed by atoms with Crippen LogP contribution in [-0.4, -0.2) is 36.1 Å². The summed E-state index contributed by atoms with van der Waals surface area (Å²) in [7, 11) is 2.65. The number of halogens is 1. The molecule has 0 amide bonds. The van der Waals surface area contributed by atoms with Gasteiger partial charge in [0.15, 0.2) is 0 Å². The average molecular weight is 345 g/mol. The lowest BCUT2D eigenvalue weighted by Gasteiger charge is -2.31. The third kappa shape index (κ3) is 10.00. The van der Waals surface area contributed by atoms with Crippen LogP contribution in [0.5, 0.6) is 0 Å². The lowest BCUT2D eigenvalue weighted by atomic mass is 10.3. The van der Waals surface area contributed by atoms with E-state index in [1.54, 1.807) is 28.3 Å². The zero-order valence-electron chi connectivity index (χ0n) is 14.2. The topological polar surface area (TPSA) is 99.7 Å². The van der Waals surface area contributed by atoms with E-state index < -0.39 is 14.8 Å². The first kappa shape index (κ1) is 28.7. The highest BCUT2D eigenvalue weighted by Crippen LogP contribution is 2.29. The molecule has 0 aromatic heterocycles. The molecule has 0 rings (SSSR count). The summed E-state index contributed by atoms with van der Waals surface area (Å²) in [6.45, 7) is 7.42. The second kappa shape index (κ2) is 15.9. The summed E-state index contributed by atoms with van der Waals surface area (Å²) in [5.74, 6) is -1.09. The molecule has 0 aliphatic carbocycles. The number of carbonyl (C=O) groups is 1. The number of hydrogen-bond acceptors (Lipinski definition) is 5. The van der Waals surface area contributed by atoms with E-state index in [1.807, 2.05) is 0 Å². The van der Waals surface area contributed by atoms with Crippen LogP contribution in [0.2, 0.25) is 5.54 Å². The van der Waals surface area contributed by atoms with E-state index in [2.05, 4.69) is 13.8 Å². The minimum Gasteiger partial charge on any atom is -0.377 e. The van der Waals surface area contributed by atoms with E-state index in [4.69, 9.17) is 13.3 Å². The van der Waals surface area contributed by atoms with Crippen molar-refractivity contribution in [3.8, 4) is 0 Å². The molecule has 3 N–H and O–H groups in total. The molecule has 0 saturated carbocycles. The van der Waals surface area contributed by atoms with Crippen molar-refractivity contribution in [1.29, 1.82) is 0 Å². The fourth-order valence-electron chi connectivity index (χ4n) is 1.66. The Kier molecular flexibility index (Phi) is 21.8. The molecular weight excluding hydrogens is 314 g/mol. The molecule has 129 valence electrons. The standard InChI is InChI=1S/C8H20O3Si.C5H7O2.ClH.H3N/c1-6-8(7-2)12(9-3,10-4)11-5;1-3-4(2)5(6)7;;/h8H,6-7H2,1-5H3;3H,1-2H3;1H;1H3. The van der Waals surface area contributed by atoms with Crippen molar-refractivity contribution >= 4 is 27.2 Å². The SMILES string of the molecule is CC=C(C)C([O])=O.CCC(CC)[Si](OC)(OC)OC.Cl.N.